The van der Waals surface area contributed by atoms with Crippen LogP contribution in [0.4, 0.5) is 13.2 Å². The summed E-state index contributed by atoms with van der Waals surface area (Å²) >= 11 is -4.49. The van der Waals surface area contributed by atoms with Gasteiger partial charge in [0.25, 0.3) is 5.91 Å². The van der Waals surface area contributed by atoms with E-state index in [1.807, 2.05) is 0 Å². The predicted molar refractivity (Wildman–Crippen MR) is 37.2 cm³/mol. The molecule has 15 heavy (non-hydrogen) atoms. The van der Waals surface area contributed by atoms with Gasteiger partial charge in [-0.3, -0.25) is 4.79 Å². The largest absolute Gasteiger partial charge is 0.507 e. The summed E-state index contributed by atoms with van der Waals surface area (Å²) in [6.07, 6.45) is -1.89. The third kappa shape index (κ3) is 9.17. The van der Waals surface area contributed by atoms with E-state index >= 15 is 0 Å². The van der Waals surface area contributed by atoms with Gasteiger partial charge in [0, 0.05) is 12.2 Å². The number of rotatable bonds is 6. The molecule has 0 heterocycles. The summed E-state index contributed by atoms with van der Waals surface area (Å²) in [5.41, 5.74) is 0.306. The highest BCUT2D eigenvalue weighted by molar-refractivity contribution is 8.00. The lowest BCUT2D eigenvalue weighted by Crippen LogP contribution is -3.99. The number of hydrogen-bond donors (Lipinski definition) is 1. The molecule has 10 heteroatoms. The van der Waals surface area contributed by atoms with E-state index in [2.05, 4.69) is 3.07 Å². The Balaban J connectivity index is 3.92. The zero-order chi connectivity index (χ0) is 12.1. The highest BCUT2D eigenvalue weighted by Crippen LogP contribution is 2.30. The van der Waals surface area contributed by atoms with Gasteiger partial charge in [0.05, 0.1) is 0 Å². The third-order valence-electron chi connectivity index (χ3n) is 1.14. The number of amides is 1. The van der Waals surface area contributed by atoms with Gasteiger partial charge in [0.1, 0.15) is 0 Å². The van der Waals surface area contributed by atoms with Gasteiger partial charge in [-0.2, -0.15) is 13.2 Å². The number of carbonyl (C=O) groups excluding carboxylic acids is 1. The summed E-state index contributed by atoms with van der Waals surface area (Å²) in [4.78, 5) is 10.5. The fraction of sp³-hybridized carbons (Fsp3) is 0.800. The first kappa shape index (κ1) is 15.2. The van der Waals surface area contributed by atoms with Gasteiger partial charge in [-0.15, -0.1) is 0 Å². The second-order valence-electron chi connectivity index (χ2n) is 2.25. The standard InChI is InChI=1S/C5H7F3INO4S/c6-5(7,8)15-2-1-3(4(10)11)14-9(12)13/h3H,1-2H2,(H2,10,11). The second-order valence-corrected chi connectivity index (χ2v) is 5.00. The van der Waals surface area contributed by atoms with Gasteiger partial charge in [-0.25, -0.2) is 0 Å². The van der Waals surface area contributed by atoms with Crippen molar-refractivity contribution in [3.05, 3.63) is 0 Å². The number of nitrogens with two attached hydrogens (primary N) is 1. The van der Waals surface area contributed by atoms with Gasteiger partial charge in [0.15, 0.2) is 0 Å². The van der Waals surface area contributed by atoms with Crippen LogP contribution in [0.15, 0.2) is 0 Å². The maximum absolute atomic E-state index is 11.7. The van der Waals surface area contributed by atoms with Crippen molar-refractivity contribution in [2.75, 3.05) is 5.75 Å². The van der Waals surface area contributed by atoms with Crippen molar-refractivity contribution in [2.24, 2.45) is 5.73 Å². The van der Waals surface area contributed by atoms with Crippen molar-refractivity contribution in [1.82, 2.24) is 0 Å². The molecule has 0 aliphatic carbocycles. The average molecular weight is 361 g/mol. The van der Waals surface area contributed by atoms with Crippen LogP contribution in [0.2, 0.25) is 0 Å². The Hall–Kier alpha value is 0.220. The Morgan fingerprint density at radius 3 is 2.40 bits per heavy atom. The quantitative estimate of drug-likeness (QED) is 0.482. The molecule has 2 N–H and O–H groups in total. The molecule has 0 aromatic carbocycles. The van der Waals surface area contributed by atoms with E-state index in [-0.39, 0.29) is 11.8 Å². The first-order valence-electron chi connectivity index (χ1n) is 3.45. The molecule has 1 amide bonds. The Labute approximate surface area is 96.2 Å². The van der Waals surface area contributed by atoms with E-state index in [0.717, 1.165) is 0 Å². The molecule has 0 radical (unpaired) electrons. The van der Waals surface area contributed by atoms with Crippen LogP contribution in [0.3, 0.4) is 0 Å². The minimum atomic E-state index is -4.42. The normalized spacial score (nSPS) is 14.3. The molecule has 5 nitrogen and oxygen atoms in total. The molecule has 0 aromatic heterocycles. The number of primary amides is 1. The fourth-order valence-corrected chi connectivity index (χ4v) is 2.17. The molecule has 1 atom stereocenters. The molecule has 0 fully saturated rings. The second kappa shape index (κ2) is 6.73. The van der Waals surface area contributed by atoms with E-state index in [0.29, 0.717) is 0 Å². The van der Waals surface area contributed by atoms with E-state index in [9.17, 15) is 24.8 Å². The Morgan fingerprint density at radius 2 is 2.07 bits per heavy atom. The van der Waals surface area contributed by atoms with Gasteiger partial charge >= 0.3 is 26.6 Å². The molecule has 0 bridgehead atoms. The number of carbonyl (C=O) groups is 1. The Morgan fingerprint density at radius 1 is 1.53 bits per heavy atom. The van der Waals surface area contributed by atoms with Gasteiger partial charge in [0.2, 0.25) is 6.10 Å². The van der Waals surface area contributed by atoms with Crippen LogP contribution in [0.25, 0.3) is 0 Å². The van der Waals surface area contributed by atoms with Crippen molar-refractivity contribution in [3.63, 3.8) is 0 Å². The maximum atomic E-state index is 11.7. The van der Waals surface area contributed by atoms with Crippen LogP contribution < -0.4 is 33.7 Å². The highest BCUT2D eigenvalue weighted by Gasteiger charge is 2.32. The fourth-order valence-electron chi connectivity index (χ4n) is 0.600. The van der Waals surface area contributed by atoms with Gasteiger partial charge in [-0.05, 0) is 3.07 Å². The topological polar surface area (TPSA) is 98.4 Å². The smallest absolute Gasteiger partial charge is 0.396 e. The van der Waals surface area contributed by atoms with Crippen LogP contribution in [0.5, 0.6) is 0 Å². The summed E-state index contributed by atoms with van der Waals surface area (Å²) in [5.74, 6) is -1.58. The minimum Gasteiger partial charge on any atom is -0.396 e. The lowest BCUT2D eigenvalue weighted by molar-refractivity contribution is -1.63. The minimum absolute atomic E-state index is 0.368. The molecular weight excluding hydrogens is 354 g/mol. The molecular formula is C5H7F3INO4S. The predicted octanol–water partition coefficient (Wildman–Crippen LogP) is -4.41. The molecule has 1 unspecified atom stereocenters. The van der Waals surface area contributed by atoms with Gasteiger partial charge < -0.3 is 12.6 Å². The summed E-state index contributed by atoms with van der Waals surface area (Å²) in [7, 11) is 0. The molecule has 0 aliphatic rings. The number of halogens is 4. The van der Waals surface area contributed by atoms with Crippen molar-refractivity contribution in [3.8, 4) is 0 Å². The zero-order valence-corrected chi connectivity index (χ0v) is 10.1. The average Bonchev–Trinajstić information content (AvgIpc) is 1.99. The lowest BCUT2D eigenvalue weighted by Gasteiger charge is -2.08. The van der Waals surface area contributed by atoms with Crippen LogP contribution in [0, 0.1) is 0 Å². The summed E-state index contributed by atoms with van der Waals surface area (Å²) in [6.45, 7) is 0. The Bertz CT molecular complexity index is 215. The monoisotopic (exact) mass is 361 g/mol. The van der Waals surface area contributed by atoms with E-state index in [4.69, 9.17) is 5.73 Å². The maximum Gasteiger partial charge on any atom is 0.507 e. The molecule has 0 aromatic rings. The van der Waals surface area contributed by atoms with Crippen LogP contribution in [0.1, 0.15) is 6.42 Å². The summed E-state index contributed by atoms with van der Waals surface area (Å²) in [6, 6.07) is 0. The first-order valence-corrected chi connectivity index (χ1v) is 7.08. The van der Waals surface area contributed by atoms with Crippen LogP contribution in [-0.2, 0) is 7.86 Å². The molecule has 90 valence electrons. The summed E-state index contributed by atoms with van der Waals surface area (Å²) in [5, 5.41) is 0. The van der Waals surface area contributed by atoms with Crippen molar-refractivity contribution in [2.45, 2.75) is 18.0 Å². The first-order chi connectivity index (χ1) is 6.72. The molecule has 0 rings (SSSR count). The van der Waals surface area contributed by atoms with E-state index in [1.54, 1.807) is 0 Å². The number of hydrogen-bond acceptors (Lipinski definition) is 5. The lowest BCUT2D eigenvalue weighted by atomic mass is 10.3. The van der Waals surface area contributed by atoms with Crippen molar-refractivity contribution in [1.29, 1.82) is 0 Å². The van der Waals surface area contributed by atoms with Gasteiger partial charge in [-0.1, -0.05) is 11.8 Å². The molecule has 0 spiro atoms. The number of thioether (sulfide) groups is 1. The van der Waals surface area contributed by atoms with E-state index < -0.39 is 50.8 Å². The summed E-state index contributed by atoms with van der Waals surface area (Å²) < 4.78 is 59.4. The van der Waals surface area contributed by atoms with E-state index in [1.165, 1.54) is 0 Å². The molecule has 0 saturated heterocycles. The van der Waals surface area contributed by atoms with Crippen LogP contribution in [-0.4, -0.2) is 23.3 Å². The highest BCUT2D eigenvalue weighted by atomic mass is 127. The zero-order valence-electron chi connectivity index (χ0n) is 7.12. The molecule has 0 saturated carbocycles. The Kier molecular flexibility index (Phi) is 6.83. The molecule has 0 aliphatic heterocycles. The SMILES string of the molecule is NC(=O)C(CCSC(F)(F)F)O[I+2]([O-])[O-]. The third-order valence-corrected chi connectivity index (χ3v) is 2.94. The number of alkyl halides is 3. The van der Waals surface area contributed by atoms with Crippen molar-refractivity contribution >= 4 is 17.7 Å². The van der Waals surface area contributed by atoms with Crippen molar-refractivity contribution < 1.29 is 49.0 Å². The van der Waals surface area contributed by atoms with Crippen LogP contribution >= 0.6 is 11.8 Å².